The zero-order valence-corrected chi connectivity index (χ0v) is 17.1. The van der Waals surface area contributed by atoms with Gasteiger partial charge in [-0.05, 0) is 63.8 Å². The maximum absolute atomic E-state index is 13.6. The summed E-state index contributed by atoms with van der Waals surface area (Å²) in [5, 5.41) is 6.91. The van der Waals surface area contributed by atoms with Crippen molar-refractivity contribution in [3.05, 3.63) is 35.9 Å². The maximum atomic E-state index is 13.6. The van der Waals surface area contributed by atoms with Gasteiger partial charge in [0.2, 0.25) is 0 Å². The zero-order valence-electron chi connectivity index (χ0n) is 16.3. The Labute approximate surface area is 164 Å². The van der Waals surface area contributed by atoms with Crippen LogP contribution in [0.4, 0.5) is 0 Å². The fourth-order valence-electron chi connectivity index (χ4n) is 4.02. The molecule has 0 saturated carbocycles. The Morgan fingerprint density at radius 2 is 1.44 bits per heavy atom. The third-order valence-electron chi connectivity index (χ3n) is 5.50. The summed E-state index contributed by atoms with van der Waals surface area (Å²) in [4.78, 5) is 0. The number of nitrogens with zero attached hydrogens (tertiary/aromatic N) is 2. The van der Waals surface area contributed by atoms with Crippen LogP contribution in [0.2, 0.25) is 0 Å². The number of nitrogens with one attached hydrogen (secondary N) is 2. The van der Waals surface area contributed by atoms with Gasteiger partial charge in [-0.15, -0.1) is 0 Å². The second-order valence-corrected chi connectivity index (χ2v) is 9.38. The average molecular weight is 395 g/mol. The van der Waals surface area contributed by atoms with Crippen molar-refractivity contribution < 1.29 is 8.42 Å². The second-order valence-electron chi connectivity index (χ2n) is 7.50. The van der Waals surface area contributed by atoms with Gasteiger partial charge in [-0.1, -0.05) is 36.8 Å². The molecule has 0 aliphatic carbocycles. The van der Waals surface area contributed by atoms with E-state index in [1.807, 2.05) is 18.2 Å². The third kappa shape index (κ3) is 5.74. The van der Waals surface area contributed by atoms with Crippen molar-refractivity contribution in [2.45, 2.75) is 44.6 Å². The van der Waals surface area contributed by atoms with E-state index in [0.717, 1.165) is 70.3 Å². The molecule has 2 saturated heterocycles. The molecule has 2 fully saturated rings. The third-order valence-corrected chi connectivity index (χ3v) is 7.55. The zero-order chi connectivity index (χ0) is 19.0. The lowest BCUT2D eigenvalue weighted by molar-refractivity contribution is 0.254. The number of benzene rings is 1. The number of hydrogen-bond acceptors (Lipinski definition) is 4. The van der Waals surface area contributed by atoms with Gasteiger partial charge in [0.15, 0.2) is 0 Å². The van der Waals surface area contributed by atoms with Gasteiger partial charge in [0, 0.05) is 19.6 Å². The normalized spacial score (nSPS) is 25.4. The topological polar surface area (TPSA) is 64.7 Å². The molecule has 2 N–H and O–H groups in total. The van der Waals surface area contributed by atoms with Gasteiger partial charge in [-0.25, -0.2) is 0 Å². The molecule has 1 atom stereocenters. The lowest BCUT2D eigenvalue weighted by Crippen LogP contribution is -2.48. The van der Waals surface area contributed by atoms with E-state index in [2.05, 4.69) is 22.8 Å². The van der Waals surface area contributed by atoms with Crippen molar-refractivity contribution in [3.8, 4) is 0 Å². The molecule has 2 heterocycles. The average Bonchev–Trinajstić information content (AvgIpc) is 2.69. The molecule has 7 heteroatoms. The molecule has 0 bridgehead atoms. The molecule has 0 amide bonds. The number of hydrogen-bond donors (Lipinski definition) is 2. The van der Waals surface area contributed by atoms with Gasteiger partial charge in [0.1, 0.15) is 0 Å². The standard InChI is InChI=1S/C20H34N4O2S/c25-27(26,23-16-5-2-6-17-23)24-18-8-14-21-12-7-13-22-15-11-20(24)19-9-3-1-4-10-19/h1,3-4,9-10,20-22H,2,5-8,11-18H2. The summed E-state index contributed by atoms with van der Waals surface area (Å²) in [5.41, 5.74) is 1.09. The van der Waals surface area contributed by atoms with Crippen LogP contribution in [0.3, 0.4) is 0 Å². The first-order chi connectivity index (χ1) is 13.2. The Balaban J connectivity index is 1.88. The van der Waals surface area contributed by atoms with Crippen LogP contribution in [0.1, 0.15) is 50.1 Å². The van der Waals surface area contributed by atoms with Crippen molar-refractivity contribution in [2.75, 3.05) is 45.8 Å². The van der Waals surface area contributed by atoms with Crippen molar-refractivity contribution in [2.24, 2.45) is 0 Å². The van der Waals surface area contributed by atoms with Crippen molar-refractivity contribution in [1.29, 1.82) is 0 Å². The summed E-state index contributed by atoms with van der Waals surface area (Å²) >= 11 is 0. The summed E-state index contributed by atoms with van der Waals surface area (Å²) in [6.45, 7) is 5.49. The summed E-state index contributed by atoms with van der Waals surface area (Å²) in [6, 6.07) is 10.0. The van der Waals surface area contributed by atoms with Crippen LogP contribution in [0, 0.1) is 0 Å². The highest BCUT2D eigenvalue weighted by molar-refractivity contribution is 7.86. The van der Waals surface area contributed by atoms with E-state index < -0.39 is 10.2 Å². The van der Waals surface area contributed by atoms with Crippen LogP contribution in [-0.4, -0.2) is 62.8 Å². The minimum atomic E-state index is -3.46. The summed E-state index contributed by atoms with van der Waals surface area (Å²) in [5.74, 6) is 0. The first-order valence-electron chi connectivity index (χ1n) is 10.4. The number of piperidine rings is 1. The highest BCUT2D eigenvalue weighted by Crippen LogP contribution is 2.30. The summed E-state index contributed by atoms with van der Waals surface area (Å²) in [6.07, 6.45) is 5.79. The molecule has 152 valence electrons. The molecular formula is C20H34N4O2S. The quantitative estimate of drug-likeness (QED) is 0.824. The van der Waals surface area contributed by atoms with Crippen molar-refractivity contribution in [3.63, 3.8) is 0 Å². The summed E-state index contributed by atoms with van der Waals surface area (Å²) < 4.78 is 30.6. The molecule has 27 heavy (non-hydrogen) atoms. The first kappa shape index (κ1) is 20.7. The van der Waals surface area contributed by atoms with E-state index in [9.17, 15) is 8.42 Å². The number of rotatable bonds is 3. The molecule has 3 rings (SSSR count). The monoisotopic (exact) mass is 394 g/mol. The van der Waals surface area contributed by atoms with Gasteiger partial charge in [0.25, 0.3) is 10.2 Å². The van der Waals surface area contributed by atoms with E-state index in [-0.39, 0.29) is 6.04 Å². The predicted octanol–water partition coefficient (Wildman–Crippen LogP) is 2.12. The van der Waals surface area contributed by atoms with E-state index in [4.69, 9.17) is 0 Å². The smallest absolute Gasteiger partial charge is 0.282 e. The Bertz CT molecular complexity index is 647. The van der Waals surface area contributed by atoms with Crippen LogP contribution < -0.4 is 10.6 Å². The Morgan fingerprint density at radius 3 is 2.19 bits per heavy atom. The van der Waals surface area contributed by atoms with E-state index in [0.29, 0.717) is 19.6 Å². The molecule has 6 nitrogen and oxygen atoms in total. The van der Waals surface area contributed by atoms with Crippen LogP contribution in [0.25, 0.3) is 0 Å². The Kier molecular flexibility index (Phi) is 8.08. The molecule has 1 aromatic rings. The molecule has 2 aliphatic heterocycles. The molecule has 1 aromatic carbocycles. The lowest BCUT2D eigenvalue weighted by Gasteiger charge is -2.37. The molecular weight excluding hydrogens is 360 g/mol. The highest BCUT2D eigenvalue weighted by atomic mass is 32.2. The molecule has 0 radical (unpaired) electrons. The predicted molar refractivity (Wildman–Crippen MR) is 110 cm³/mol. The van der Waals surface area contributed by atoms with Gasteiger partial charge >= 0.3 is 0 Å². The van der Waals surface area contributed by atoms with E-state index in [1.165, 1.54) is 0 Å². The largest absolute Gasteiger partial charge is 0.317 e. The van der Waals surface area contributed by atoms with E-state index >= 15 is 0 Å². The van der Waals surface area contributed by atoms with Gasteiger partial charge in [-0.2, -0.15) is 17.0 Å². The Morgan fingerprint density at radius 1 is 0.778 bits per heavy atom. The molecule has 1 unspecified atom stereocenters. The molecule has 0 aromatic heterocycles. The molecule has 0 spiro atoms. The van der Waals surface area contributed by atoms with Crippen LogP contribution in [0.15, 0.2) is 30.3 Å². The Hall–Kier alpha value is -0.990. The van der Waals surface area contributed by atoms with Crippen molar-refractivity contribution in [1.82, 2.24) is 19.2 Å². The fourth-order valence-corrected chi connectivity index (χ4v) is 5.94. The second kappa shape index (κ2) is 10.5. The minimum Gasteiger partial charge on any atom is -0.317 e. The van der Waals surface area contributed by atoms with Gasteiger partial charge < -0.3 is 10.6 Å². The maximum Gasteiger partial charge on any atom is 0.282 e. The summed E-state index contributed by atoms with van der Waals surface area (Å²) in [7, 11) is -3.46. The van der Waals surface area contributed by atoms with Crippen LogP contribution in [-0.2, 0) is 10.2 Å². The lowest BCUT2D eigenvalue weighted by atomic mass is 10.0. The minimum absolute atomic E-state index is 0.120. The first-order valence-corrected chi connectivity index (χ1v) is 11.8. The van der Waals surface area contributed by atoms with Crippen LogP contribution in [0.5, 0.6) is 0 Å². The fraction of sp³-hybridized carbons (Fsp3) is 0.700. The SMILES string of the molecule is O=S(=O)(N1CCCCC1)N1CCCNCCCNCCC1c1ccccc1. The highest BCUT2D eigenvalue weighted by Gasteiger charge is 2.35. The van der Waals surface area contributed by atoms with Crippen molar-refractivity contribution >= 4 is 10.2 Å². The van der Waals surface area contributed by atoms with Gasteiger partial charge in [-0.3, -0.25) is 0 Å². The van der Waals surface area contributed by atoms with E-state index in [1.54, 1.807) is 8.61 Å². The molecule has 2 aliphatic rings. The van der Waals surface area contributed by atoms with Crippen LogP contribution >= 0.6 is 0 Å². The van der Waals surface area contributed by atoms with Gasteiger partial charge in [0.05, 0.1) is 6.04 Å².